The number of carbonyl (C=O) groups excluding carboxylic acids is 1. The van der Waals surface area contributed by atoms with Crippen LogP contribution in [0.1, 0.15) is 40.3 Å². The van der Waals surface area contributed by atoms with Crippen molar-refractivity contribution in [1.82, 2.24) is 5.32 Å². The zero-order chi connectivity index (χ0) is 33.8. The number of nitrogens with zero attached hydrogens (tertiary/aromatic N) is 7. The van der Waals surface area contributed by atoms with Crippen LogP contribution in [0.3, 0.4) is 0 Å². The van der Waals surface area contributed by atoms with E-state index in [0.717, 1.165) is 0 Å². The molecular weight excluding hydrogens is 615 g/mol. The number of carbonyl (C=O) groups is 1. The van der Waals surface area contributed by atoms with E-state index in [2.05, 4.69) is 25.4 Å². The van der Waals surface area contributed by atoms with Crippen LogP contribution in [0.2, 0.25) is 0 Å². The lowest BCUT2D eigenvalue weighted by molar-refractivity contribution is -0.128. The summed E-state index contributed by atoms with van der Waals surface area (Å²) in [4.78, 5) is 25.5. The van der Waals surface area contributed by atoms with Gasteiger partial charge < -0.3 is 19.9 Å². The zero-order valence-corrected chi connectivity index (χ0v) is 25.9. The van der Waals surface area contributed by atoms with Crippen molar-refractivity contribution in [3.05, 3.63) is 152 Å². The van der Waals surface area contributed by atoms with Gasteiger partial charge in [0.15, 0.2) is 11.6 Å². The monoisotopic (exact) mass is 648 g/mol. The number of rotatable bonds is 15. The van der Waals surface area contributed by atoms with Gasteiger partial charge in [-0.2, -0.15) is 0 Å². The van der Waals surface area contributed by atoms with E-state index >= 15 is 0 Å². The van der Waals surface area contributed by atoms with Crippen molar-refractivity contribution < 1.29 is 23.8 Å². The van der Waals surface area contributed by atoms with Crippen molar-refractivity contribution in [2.45, 2.75) is 37.5 Å². The molecule has 0 saturated carbocycles. The summed E-state index contributed by atoms with van der Waals surface area (Å²) < 4.78 is 26.7. The summed E-state index contributed by atoms with van der Waals surface area (Å²) in [5.41, 5.74) is 19.9. The molecule has 0 fully saturated rings. The van der Waals surface area contributed by atoms with Crippen molar-refractivity contribution in [3.8, 4) is 5.75 Å². The molecule has 0 spiro atoms. The lowest BCUT2D eigenvalue weighted by Gasteiger charge is -2.32. The second-order valence-electron chi connectivity index (χ2n) is 11.0. The third-order valence-corrected chi connectivity index (χ3v) is 7.92. The van der Waals surface area contributed by atoms with Crippen LogP contribution in [0.4, 0.5) is 10.1 Å². The van der Waals surface area contributed by atoms with Crippen molar-refractivity contribution in [3.63, 3.8) is 0 Å². The van der Waals surface area contributed by atoms with Crippen molar-refractivity contribution >= 4 is 17.5 Å². The molecule has 13 heteroatoms. The van der Waals surface area contributed by atoms with Gasteiger partial charge in [-0.25, -0.2) is 9.38 Å². The molecule has 48 heavy (non-hydrogen) atoms. The Labute approximate surface area is 276 Å². The molecular formula is C35H33FN8O4. The Morgan fingerprint density at radius 2 is 1.67 bits per heavy atom. The van der Waals surface area contributed by atoms with Crippen molar-refractivity contribution in [2.24, 2.45) is 15.2 Å². The molecule has 0 aliphatic carbocycles. The molecule has 1 aliphatic rings. The van der Waals surface area contributed by atoms with Gasteiger partial charge in [-0.15, -0.1) is 0 Å². The molecule has 244 valence electrons. The standard InChI is InChI=1S/C35H33FN8O4/c36-30-12-5-3-8-24(30)18-19-39-34(46)35(22-26-9-1-2-10-27(26)23-40-43-37)32(29-11-4-6-13-31(29)42-44-38)48-33(41-35)25-14-16-28(17-15-25)47-21-7-20-45/h1-6,8-17,32,45H,7,18-23H2,(H,39,46)/t32-,35-/m1/s1. The fourth-order valence-corrected chi connectivity index (χ4v) is 5.56. The summed E-state index contributed by atoms with van der Waals surface area (Å²) in [6.45, 7) is 0.513. The van der Waals surface area contributed by atoms with Gasteiger partial charge in [0.2, 0.25) is 5.90 Å². The Balaban J connectivity index is 1.61. The molecule has 12 nitrogen and oxygen atoms in total. The summed E-state index contributed by atoms with van der Waals surface area (Å²) in [5, 5.41) is 19.7. The summed E-state index contributed by atoms with van der Waals surface area (Å²) in [6.07, 6.45) is -0.316. The van der Waals surface area contributed by atoms with Gasteiger partial charge in [-0.1, -0.05) is 77.0 Å². The number of aliphatic imine (C=N–C) groups is 1. The number of nitrogens with one attached hydrogen (secondary N) is 1. The predicted molar refractivity (Wildman–Crippen MR) is 178 cm³/mol. The number of aliphatic hydroxyl groups is 1. The zero-order valence-electron chi connectivity index (χ0n) is 25.9. The number of hydrogen-bond donors (Lipinski definition) is 2. The van der Waals surface area contributed by atoms with Crippen LogP contribution in [0, 0.1) is 5.82 Å². The normalized spacial score (nSPS) is 16.5. The topological polar surface area (TPSA) is 178 Å². The van der Waals surface area contributed by atoms with Gasteiger partial charge in [0.25, 0.3) is 5.91 Å². The molecule has 0 saturated heterocycles. The number of ether oxygens (including phenoxy) is 2. The molecule has 0 radical (unpaired) electrons. The van der Waals surface area contributed by atoms with Gasteiger partial charge in [0.05, 0.1) is 13.2 Å². The minimum atomic E-state index is -1.64. The van der Waals surface area contributed by atoms with Gasteiger partial charge in [0.1, 0.15) is 11.6 Å². The van der Waals surface area contributed by atoms with E-state index in [1.165, 1.54) is 6.07 Å². The minimum Gasteiger partial charge on any atom is -0.494 e. The Morgan fingerprint density at radius 1 is 0.958 bits per heavy atom. The highest BCUT2D eigenvalue weighted by molar-refractivity contribution is 6.01. The Bertz CT molecular complexity index is 1870. The first-order chi connectivity index (χ1) is 23.5. The first kappa shape index (κ1) is 33.5. The lowest BCUT2D eigenvalue weighted by atomic mass is 9.80. The van der Waals surface area contributed by atoms with E-state index < -0.39 is 17.6 Å². The van der Waals surface area contributed by atoms with Crippen LogP contribution in [0.15, 0.2) is 112 Å². The molecule has 4 aromatic rings. The Hall–Kier alpha value is -5.87. The fraction of sp³-hybridized carbons (Fsp3) is 0.257. The van der Waals surface area contributed by atoms with Crippen LogP contribution >= 0.6 is 0 Å². The van der Waals surface area contributed by atoms with Crippen LogP contribution in [-0.4, -0.2) is 42.2 Å². The van der Waals surface area contributed by atoms with Crippen molar-refractivity contribution in [1.29, 1.82) is 0 Å². The SMILES string of the molecule is [N-]=[N+]=NCc1ccccc1C[C@@]1(C(=O)NCCc2ccccc2F)N=C(c2ccc(OCCCO)cc2)O[C@@H]1c1ccccc1N=[N+]=[N-]. The van der Waals surface area contributed by atoms with Crippen LogP contribution < -0.4 is 10.1 Å². The van der Waals surface area contributed by atoms with E-state index in [1.807, 2.05) is 24.3 Å². The highest BCUT2D eigenvalue weighted by atomic mass is 19.1. The van der Waals surface area contributed by atoms with Crippen LogP contribution in [0.25, 0.3) is 20.9 Å². The number of halogens is 1. The number of hydrogen-bond acceptors (Lipinski definition) is 7. The smallest absolute Gasteiger partial charge is 0.252 e. The third-order valence-electron chi connectivity index (χ3n) is 7.92. The van der Waals surface area contributed by atoms with Gasteiger partial charge in [0, 0.05) is 52.6 Å². The summed E-state index contributed by atoms with van der Waals surface area (Å²) >= 11 is 0. The Kier molecular flexibility index (Phi) is 11.2. The van der Waals surface area contributed by atoms with Gasteiger partial charge in [-0.05, 0) is 64.5 Å². The van der Waals surface area contributed by atoms with Crippen molar-refractivity contribution in [2.75, 3.05) is 19.8 Å². The molecule has 0 bridgehead atoms. The molecule has 5 rings (SSSR count). The second kappa shape index (κ2) is 16.1. The average molecular weight is 649 g/mol. The van der Waals surface area contributed by atoms with E-state index in [0.29, 0.717) is 46.6 Å². The first-order valence-electron chi connectivity index (χ1n) is 15.3. The van der Waals surface area contributed by atoms with Gasteiger partial charge in [-0.3, -0.25) is 4.79 Å². The molecule has 1 aliphatic heterocycles. The van der Waals surface area contributed by atoms with E-state index in [-0.39, 0.29) is 49.9 Å². The lowest BCUT2D eigenvalue weighted by Crippen LogP contribution is -2.50. The number of amides is 1. The molecule has 2 N–H and O–H groups in total. The summed E-state index contributed by atoms with van der Waals surface area (Å²) in [5.74, 6) is -0.102. The molecule has 4 aromatic carbocycles. The van der Waals surface area contributed by atoms with Crippen LogP contribution in [0.5, 0.6) is 5.75 Å². The van der Waals surface area contributed by atoms with Gasteiger partial charge >= 0.3 is 0 Å². The maximum absolute atomic E-state index is 14.6. The second-order valence-corrected chi connectivity index (χ2v) is 11.0. The molecule has 2 atom stereocenters. The van der Waals surface area contributed by atoms with E-state index in [4.69, 9.17) is 25.1 Å². The first-order valence-corrected chi connectivity index (χ1v) is 15.3. The minimum absolute atomic E-state index is 0.0118. The van der Waals surface area contributed by atoms with E-state index in [9.17, 15) is 14.7 Å². The Morgan fingerprint density at radius 3 is 2.40 bits per heavy atom. The number of azide groups is 2. The predicted octanol–water partition coefficient (Wildman–Crippen LogP) is 7.20. The maximum Gasteiger partial charge on any atom is 0.252 e. The third kappa shape index (κ3) is 7.73. The highest BCUT2D eigenvalue weighted by Crippen LogP contribution is 2.45. The molecule has 0 unspecified atom stereocenters. The van der Waals surface area contributed by atoms with E-state index in [1.54, 1.807) is 66.7 Å². The average Bonchev–Trinajstić information content (AvgIpc) is 3.49. The molecule has 1 amide bonds. The molecule has 0 aromatic heterocycles. The van der Waals surface area contributed by atoms with Crippen LogP contribution in [-0.2, 0) is 28.9 Å². The summed E-state index contributed by atoms with van der Waals surface area (Å²) in [6, 6.07) is 27.4. The largest absolute Gasteiger partial charge is 0.494 e. The number of benzene rings is 4. The maximum atomic E-state index is 14.6. The fourth-order valence-electron chi connectivity index (χ4n) is 5.56. The highest BCUT2D eigenvalue weighted by Gasteiger charge is 2.54. The number of aliphatic hydroxyl groups excluding tert-OH is 1. The quantitative estimate of drug-likeness (QED) is 0.0600. The summed E-state index contributed by atoms with van der Waals surface area (Å²) in [7, 11) is 0. The molecule has 1 heterocycles.